The molecule has 1 amide bonds. The number of nitrogens with zero attached hydrogens (tertiary/aromatic N) is 2. The second-order valence-electron chi connectivity index (χ2n) is 5.81. The van der Waals surface area contributed by atoms with Crippen LogP contribution in [0, 0.1) is 0 Å². The summed E-state index contributed by atoms with van der Waals surface area (Å²) in [6.07, 6.45) is 0.676. The van der Waals surface area contributed by atoms with Gasteiger partial charge in [0.15, 0.2) is 0 Å². The number of fused-ring (bicyclic) bond motifs is 1. The molecule has 25 heavy (non-hydrogen) atoms. The van der Waals surface area contributed by atoms with Crippen LogP contribution < -0.4 is 10.9 Å². The first-order chi connectivity index (χ1) is 12.0. The number of halogens is 1. The van der Waals surface area contributed by atoms with Crippen molar-refractivity contribution in [2.45, 2.75) is 19.4 Å². The van der Waals surface area contributed by atoms with Crippen LogP contribution in [-0.2, 0) is 24.8 Å². The van der Waals surface area contributed by atoms with Crippen molar-refractivity contribution in [1.82, 2.24) is 14.9 Å². The lowest BCUT2D eigenvalue weighted by Crippen LogP contribution is -2.26. The fourth-order valence-electron chi connectivity index (χ4n) is 2.60. The van der Waals surface area contributed by atoms with E-state index in [1.54, 1.807) is 31.3 Å². The number of carbonyl (C=O) groups excluding carboxylic acids is 1. The first-order valence-electron chi connectivity index (χ1n) is 8.00. The number of benzene rings is 2. The van der Waals surface area contributed by atoms with Crippen LogP contribution in [0.4, 0.5) is 0 Å². The molecule has 0 aliphatic heterocycles. The molecule has 3 aromatic rings. The van der Waals surface area contributed by atoms with Gasteiger partial charge < -0.3 is 5.32 Å². The average molecular weight is 356 g/mol. The predicted octanol–water partition coefficient (Wildman–Crippen LogP) is 2.84. The molecule has 1 heterocycles. The zero-order valence-electron chi connectivity index (χ0n) is 13.8. The molecule has 3 rings (SSSR count). The molecular weight excluding hydrogens is 338 g/mol. The van der Waals surface area contributed by atoms with E-state index in [-0.39, 0.29) is 17.9 Å². The van der Waals surface area contributed by atoms with Gasteiger partial charge in [-0.05, 0) is 29.8 Å². The first kappa shape index (κ1) is 17.2. The molecule has 2 aromatic carbocycles. The largest absolute Gasteiger partial charge is 0.352 e. The topological polar surface area (TPSA) is 64.0 Å². The Hall–Kier alpha value is -2.66. The van der Waals surface area contributed by atoms with Crippen LogP contribution in [-0.4, -0.2) is 15.5 Å². The Balaban J connectivity index is 1.64. The van der Waals surface area contributed by atoms with Gasteiger partial charge in [0.1, 0.15) is 5.82 Å². The van der Waals surface area contributed by atoms with Crippen LogP contribution in [0.5, 0.6) is 0 Å². The van der Waals surface area contributed by atoms with Gasteiger partial charge in [-0.3, -0.25) is 14.2 Å². The van der Waals surface area contributed by atoms with Crippen molar-refractivity contribution < 1.29 is 4.79 Å². The number of para-hydroxylation sites is 1. The van der Waals surface area contributed by atoms with Gasteiger partial charge in [-0.15, -0.1) is 0 Å². The molecule has 0 aliphatic rings. The summed E-state index contributed by atoms with van der Waals surface area (Å²) >= 11 is 5.84. The number of hydrogen-bond donors (Lipinski definition) is 1. The Morgan fingerprint density at radius 2 is 1.88 bits per heavy atom. The second-order valence-corrected chi connectivity index (χ2v) is 6.25. The van der Waals surface area contributed by atoms with Gasteiger partial charge in [0.2, 0.25) is 5.91 Å². The summed E-state index contributed by atoms with van der Waals surface area (Å²) in [5, 5.41) is 4.11. The lowest BCUT2D eigenvalue weighted by atomic mass is 10.2. The van der Waals surface area contributed by atoms with Gasteiger partial charge in [0.05, 0.1) is 10.9 Å². The van der Waals surface area contributed by atoms with Gasteiger partial charge in [0, 0.05) is 31.5 Å². The third-order valence-corrected chi connectivity index (χ3v) is 4.31. The summed E-state index contributed by atoms with van der Waals surface area (Å²) in [5.74, 6) is 0.516. The SMILES string of the molecule is Cn1c(CCC(=O)NCc2ccc(Cl)cc2)nc2ccccc2c1=O. The van der Waals surface area contributed by atoms with Crippen molar-refractivity contribution in [1.29, 1.82) is 0 Å². The number of carbonyl (C=O) groups is 1. The minimum Gasteiger partial charge on any atom is -0.352 e. The van der Waals surface area contributed by atoms with E-state index >= 15 is 0 Å². The molecule has 0 unspecified atom stereocenters. The maximum Gasteiger partial charge on any atom is 0.261 e. The molecule has 128 valence electrons. The molecule has 0 saturated heterocycles. The third-order valence-electron chi connectivity index (χ3n) is 4.05. The molecular formula is C19H18ClN3O2. The van der Waals surface area contributed by atoms with E-state index in [9.17, 15) is 9.59 Å². The highest BCUT2D eigenvalue weighted by Gasteiger charge is 2.10. The van der Waals surface area contributed by atoms with Crippen LogP contribution in [0.3, 0.4) is 0 Å². The van der Waals surface area contributed by atoms with Crippen LogP contribution in [0.25, 0.3) is 10.9 Å². The first-order valence-corrected chi connectivity index (χ1v) is 8.38. The summed E-state index contributed by atoms with van der Waals surface area (Å²) in [6, 6.07) is 14.5. The highest BCUT2D eigenvalue weighted by Crippen LogP contribution is 2.10. The van der Waals surface area contributed by atoms with Crippen LogP contribution in [0.2, 0.25) is 5.02 Å². The molecule has 0 saturated carbocycles. The highest BCUT2D eigenvalue weighted by atomic mass is 35.5. The van der Waals surface area contributed by atoms with Crippen molar-refractivity contribution in [3.8, 4) is 0 Å². The second kappa shape index (κ2) is 7.49. The van der Waals surface area contributed by atoms with E-state index in [1.807, 2.05) is 24.3 Å². The standard InChI is InChI=1S/C19H18ClN3O2/c1-23-17(22-16-5-3-2-4-15(16)19(23)25)10-11-18(24)21-12-13-6-8-14(20)9-7-13/h2-9H,10-12H2,1H3,(H,21,24). The van der Waals surface area contributed by atoms with Crippen molar-refractivity contribution in [3.05, 3.63) is 75.3 Å². The summed E-state index contributed by atoms with van der Waals surface area (Å²) < 4.78 is 1.51. The Bertz CT molecular complexity index is 965. The Labute approximate surface area is 150 Å². The average Bonchev–Trinajstić information content (AvgIpc) is 2.63. The number of aryl methyl sites for hydroxylation is 1. The number of hydrogen-bond acceptors (Lipinski definition) is 3. The molecule has 0 aliphatic carbocycles. The van der Waals surface area contributed by atoms with E-state index in [0.717, 1.165) is 5.56 Å². The maximum atomic E-state index is 12.3. The van der Waals surface area contributed by atoms with Crippen molar-refractivity contribution in [3.63, 3.8) is 0 Å². The molecule has 0 bridgehead atoms. The van der Waals surface area contributed by atoms with E-state index in [2.05, 4.69) is 10.3 Å². The van der Waals surface area contributed by atoms with Crippen LogP contribution in [0.15, 0.2) is 53.3 Å². The number of nitrogens with one attached hydrogen (secondary N) is 1. The summed E-state index contributed by atoms with van der Waals surface area (Å²) in [7, 11) is 1.68. The molecule has 0 atom stereocenters. The maximum absolute atomic E-state index is 12.3. The van der Waals surface area contributed by atoms with Gasteiger partial charge in [-0.25, -0.2) is 4.98 Å². The molecule has 1 N–H and O–H groups in total. The number of rotatable bonds is 5. The van der Waals surface area contributed by atoms with Gasteiger partial charge in [-0.1, -0.05) is 35.9 Å². The number of amides is 1. The van der Waals surface area contributed by atoms with Crippen LogP contribution in [0.1, 0.15) is 17.8 Å². The summed E-state index contributed by atoms with van der Waals surface area (Å²) in [6.45, 7) is 0.445. The fourth-order valence-corrected chi connectivity index (χ4v) is 2.73. The van der Waals surface area contributed by atoms with Crippen molar-refractivity contribution in [2.75, 3.05) is 0 Å². The Morgan fingerprint density at radius 3 is 2.64 bits per heavy atom. The smallest absolute Gasteiger partial charge is 0.261 e. The zero-order valence-corrected chi connectivity index (χ0v) is 14.6. The molecule has 6 heteroatoms. The summed E-state index contributed by atoms with van der Waals surface area (Å²) in [4.78, 5) is 28.9. The lowest BCUT2D eigenvalue weighted by molar-refractivity contribution is -0.121. The normalized spacial score (nSPS) is 10.8. The molecule has 0 fully saturated rings. The number of aromatic nitrogens is 2. The van der Waals surface area contributed by atoms with Gasteiger partial charge in [-0.2, -0.15) is 0 Å². The quantitative estimate of drug-likeness (QED) is 0.765. The highest BCUT2D eigenvalue weighted by molar-refractivity contribution is 6.30. The van der Waals surface area contributed by atoms with Crippen LogP contribution >= 0.6 is 11.6 Å². The van der Waals surface area contributed by atoms with E-state index in [0.29, 0.717) is 34.7 Å². The molecule has 5 nitrogen and oxygen atoms in total. The van der Waals surface area contributed by atoms with Gasteiger partial charge in [0.25, 0.3) is 5.56 Å². The minimum absolute atomic E-state index is 0.0858. The van der Waals surface area contributed by atoms with E-state index in [1.165, 1.54) is 4.57 Å². The zero-order chi connectivity index (χ0) is 17.8. The monoisotopic (exact) mass is 355 g/mol. The predicted molar refractivity (Wildman–Crippen MR) is 98.6 cm³/mol. The third kappa shape index (κ3) is 4.06. The molecule has 0 radical (unpaired) electrons. The Kier molecular flexibility index (Phi) is 5.14. The lowest BCUT2D eigenvalue weighted by Gasteiger charge is -2.09. The summed E-state index contributed by atoms with van der Waals surface area (Å²) in [5.41, 5.74) is 1.54. The molecule has 1 aromatic heterocycles. The van der Waals surface area contributed by atoms with E-state index in [4.69, 9.17) is 11.6 Å². The minimum atomic E-state index is -0.0952. The fraction of sp³-hybridized carbons (Fsp3) is 0.211. The molecule has 0 spiro atoms. The van der Waals surface area contributed by atoms with E-state index < -0.39 is 0 Å². The van der Waals surface area contributed by atoms with Crippen molar-refractivity contribution >= 4 is 28.4 Å². The Morgan fingerprint density at radius 1 is 1.16 bits per heavy atom. The van der Waals surface area contributed by atoms with Crippen molar-refractivity contribution in [2.24, 2.45) is 7.05 Å². The van der Waals surface area contributed by atoms with Gasteiger partial charge >= 0.3 is 0 Å².